The summed E-state index contributed by atoms with van der Waals surface area (Å²) in [5.41, 5.74) is -1.48. The maximum atomic E-state index is 12.0. The highest BCUT2D eigenvalue weighted by atomic mass is 32.2. The van der Waals surface area contributed by atoms with Crippen molar-refractivity contribution < 1.29 is 21.6 Å². The molecule has 4 unspecified atom stereocenters. The van der Waals surface area contributed by atoms with Crippen LogP contribution in [0, 0.1) is 10.8 Å². The molecule has 0 heterocycles. The van der Waals surface area contributed by atoms with Crippen molar-refractivity contribution in [2.75, 3.05) is 0 Å². The SMILES string of the molecule is CCCC(OC(CCC)C(C)(C)C(C)S(N)(=O)=O)C(C)(C)C(C)S(N)(=O)=O. The number of hydrogen-bond acceptors (Lipinski definition) is 5. The van der Waals surface area contributed by atoms with Crippen molar-refractivity contribution in [1.29, 1.82) is 0 Å². The summed E-state index contributed by atoms with van der Waals surface area (Å²) in [5, 5.41) is 9.19. The monoisotopic (exact) mass is 428 g/mol. The zero-order valence-electron chi connectivity index (χ0n) is 18.2. The Morgan fingerprint density at radius 3 is 1.19 bits per heavy atom. The van der Waals surface area contributed by atoms with E-state index in [-0.39, 0.29) is 12.2 Å². The number of rotatable bonds is 12. The van der Waals surface area contributed by atoms with E-state index >= 15 is 0 Å². The van der Waals surface area contributed by atoms with Crippen LogP contribution >= 0.6 is 0 Å². The van der Waals surface area contributed by atoms with Crippen molar-refractivity contribution in [3.63, 3.8) is 0 Å². The molecule has 9 heteroatoms. The highest BCUT2D eigenvalue weighted by molar-refractivity contribution is 7.90. The van der Waals surface area contributed by atoms with Gasteiger partial charge in [-0.2, -0.15) is 0 Å². The van der Waals surface area contributed by atoms with Crippen molar-refractivity contribution in [1.82, 2.24) is 0 Å². The van der Waals surface area contributed by atoms with Crippen LogP contribution in [0.25, 0.3) is 0 Å². The van der Waals surface area contributed by atoms with E-state index in [1.54, 1.807) is 13.8 Å². The van der Waals surface area contributed by atoms with E-state index in [0.717, 1.165) is 12.8 Å². The maximum absolute atomic E-state index is 12.0. The molecule has 4 N–H and O–H groups in total. The van der Waals surface area contributed by atoms with Crippen molar-refractivity contribution in [2.45, 2.75) is 104 Å². The molecule has 0 rings (SSSR count). The van der Waals surface area contributed by atoms with Crippen molar-refractivity contribution in [3.8, 4) is 0 Å². The molecule has 0 aromatic rings. The first-order valence-electron chi connectivity index (χ1n) is 9.62. The van der Waals surface area contributed by atoms with Crippen LogP contribution in [0.5, 0.6) is 0 Å². The Balaban J connectivity index is 5.96. The van der Waals surface area contributed by atoms with Crippen LogP contribution in [0.2, 0.25) is 0 Å². The Morgan fingerprint density at radius 1 is 0.741 bits per heavy atom. The first kappa shape index (κ1) is 26.8. The van der Waals surface area contributed by atoms with Gasteiger partial charge in [0.2, 0.25) is 20.0 Å². The van der Waals surface area contributed by atoms with Crippen molar-refractivity contribution in [2.24, 2.45) is 21.1 Å². The second kappa shape index (κ2) is 9.52. The number of sulfonamides is 2. The Bertz CT molecular complexity index is 614. The van der Waals surface area contributed by atoms with Crippen LogP contribution in [0.4, 0.5) is 0 Å². The van der Waals surface area contributed by atoms with Gasteiger partial charge in [0.05, 0.1) is 22.7 Å². The summed E-state index contributed by atoms with van der Waals surface area (Å²) in [7, 11) is -7.49. The van der Waals surface area contributed by atoms with Gasteiger partial charge in [0.25, 0.3) is 0 Å². The molecule has 0 aromatic carbocycles. The highest BCUT2D eigenvalue weighted by Crippen LogP contribution is 2.40. The molecule has 0 fully saturated rings. The zero-order chi connectivity index (χ0) is 21.8. The maximum Gasteiger partial charge on any atom is 0.212 e. The van der Waals surface area contributed by atoms with Gasteiger partial charge in [-0.15, -0.1) is 0 Å². The van der Waals surface area contributed by atoms with Crippen LogP contribution in [0.3, 0.4) is 0 Å². The Labute approximate surface area is 166 Å². The molecule has 7 nitrogen and oxygen atoms in total. The lowest BCUT2D eigenvalue weighted by Crippen LogP contribution is -2.52. The Hall–Kier alpha value is -0.220. The normalized spacial score (nSPS) is 18.7. The molecule has 0 saturated heterocycles. The minimum absolute atomic E-state index is 0.390. The summed E-state index contributed by atoms with van der Waals surface area (Å²) in [6, 6.07) is 0. The molecule has 0 saturated carbocycles. The first-order valence-corrected chi connectivity index (χ1v) is 12.8. The van der Waals surface area contributed by atoms with Crippen LogP contribution in [0.15, 0.2) is 0 Å². The van der Waals surface area contributed by atoms with E-state index < -0.39 is 41.4 Å². The predicted molar refractivity (Wildman–Crippen MR) is 111 cm³/mol. The summed E-state index contributed by atoms with van der Waals surface area (Å²) in [5.74, 6) is 0. The lowest BCUT2D eigenvalue weighted by molar-refractivity contribution is -0.120. The lowest BCUT2D eigenvalue weighted by atomic mass is 9.78. The van der Waals surface area contributed by atoms with Gasteiger partial charge in [0.15, 0.2) is 0 Å². The minimum Gasteiger partial charge on any atom is -0.374 e. The molecule has 0 aliphatic carbocycles. The summed E-state index contributed by atoms with van der Waals surface area (Å²) in [6.45, 7) is 14.5. The van der Waals surface area contributed by atoms with Gasteiger partial charge in [-0.05, 0) is 26.7 Å². The van der Waals surface area contributed by atoms with Crippen LogP contribution in [-0.4, -0.2) is 39.5 Å². The first-order chi connectivity index (χ1) is 11.9. The molecule has 0 aliphatic rings. The molecular formula is C18H40N2O5S2. The minimum atomic E-state index is -3.74. The van der Waals surface area contributed by atoms with Gasteiger partial charge < -0.3 is 4.74 Å². The summed E-state index contributed by atoms with van der Waals surface area (Å²) in [4.78, 5) is 0. The molecule has 27 heavy (non-hydrogen) atoms. The molecule has 0 aromatic heterocycles. The number of primary sulfonamides is 2. The van der Waals surface area contributed by atoms with Gasteiger partial charge in [-0.1, -0.05) is 54.4 Å². The van der Waals surface area contributed by atoms with Gasteiger partial charge in [0.1, 0.15) is 0 Å². The fraction of sp³-hybridized carbons (Fsp3) is 1.00. The fourth-order valence-corrected chi connectivity index (χ4v) is 5.32. The molecule has 0 radical (unpaired) electrons. The predicted octanol–water partition coefficient (Wildman–Crippen LogP) is 2.75. The molecule has 0 bridgehead atoms. The molecule has 164 valence electrons. The average Bonchev–Trinajstić information content (AvgIpc) is 2.50. The average molecular weight is 429 g/mol. The Kier molecular flexibility index (Phi) is 9.44. The molecule has 4 atom stereocenters. The van der Waals surface area contributed by atoms with Gasteiger partial charge in [-0.25, -0.2) is 27.1 Å². The van der Waals surface area contributed by atoms with E-state index in [9.17, 15) is 16.8 Å². The second-order valence-electron chi connectivity index (χ2n) is 8.80. The fourth-order valence-electron chi connectivity index (χ4n) is 3.32. The standard InChI is InChI=1S/C18H40N2O5S2/c1-9-11-15(17(5,6)13(3)26(19,21)22)25-16(12-10-2)18(7,8)14(4)27(20,23)24/h13-16H,9-12H2,1-8H3,(H2,19,21,22)(H2,20,23,24). The third-order valence-corrected chi connectivity index (χ3v) is 9.36. The van der Waals surface area contributed by atoms with E-state index in [0.29, 0.717) is 12.8 Å². The number of ether oxygens (including phenoxy) is 1. The van der Waals surface area contributed by atoms with Gasteiger partial charge in [-0.3, -0.25) is 0 Å². The molecular weight excluding hydrogens is 388 g/mol. The third-order valence-electron chi connectivity index (χ3n) is 6.17. The number of hydrogen-bond donors (Lipinski definition) is 2. The van der Waals surface area contributed by atoms with Gasteiger partial charge >= 0.3 is 0 Å². The van der Waals surface area contributed by atoms with Crippen molar-refractivity contribution >= 4 is 20.0 Å². The smallest absolute Gasteiger partial charge is 0.212 e. The largest absolute Gasteiger partial charge is 0.374 e. The topological polar surface area (TPSA) is 130 Å². The number of nitrogens with two attached hydrogens (primary N) is 2. The van der Waals surface area contributed by atoms with Crippen molar-refractivity contribution in [3.05, 3.63) is 0 Å². The zero-order valence-corrected chi connectivity index (χ0v) is 19.8. The molecule has 0 aliphatic heterocycles. The molecule has 0 amide bonds. The van der Waals surface area contributed by atoms with E-state index in [2.05, 4.69) is 0 Å². The van der Waals surface area contributed by atoms with Crippen LogP contribution in [0.1, 0.15) is 81.1 Å². The summed E-state index contributed by atoms with van der Waals surface area (Å²) < 4.78 is 54.3. The second-order valence-corrected chi connectivity index (χ2v) is 12.6. The summed E-state index contributed by atoms with van der Waals surface area (Å²) in [6.07, 6.45) is 2.11. The van der Waals surface area contributed by atoms with Gasteiger partial charge in [0, 0.05) is 10.8 Å². The van der Waals surface area contributed by atoms with Crippen LogP contribution in [-0.2, 0) is 24.8 Å². The highest BCUT2D eigenvalue weighted by Gasteiger charge is 2.46. The lowest BCUT2D eigenvalue weighted by Gasteiger charge is -2.45. The quantitative estimate of drug-likeness (QED) is 0.493. The third kappa shape index (κ3) is 6.96. The van der Waals surface area contributed by atoms with E-state index in [1.165, 1.54) is 0 Å². The summed E-state index contributed by atoms with van der Waals surface area (Å²) >= 11 is 0. The molecule has 0 spiro atoms. The van der Waals surface area contributed by atoms with Crippen LogP contribution < -0.4 is 10.3 Å². The Morgan fingerprint density at radius 2 is 1.00 bits per heavy atom. The van der Waals surface area contributed by atoms with E-state index in [1.807, 2.05) is 41.5 Å². The van der Waals surface area contributed by atoms with E-state index in [4.69, 9.17) is 15.0 Å².